The summed E-state index contributed by atoms with van der Waals surface area (Å²) in [4.78, 5) is 0. The molecule has 0 aromatic heterocycles. The SMILES string of the molecule is CC(C)[C@H]1CCC[C@](C)(O)[C@@H]2C=C[C@@H](C)[C@H]12. The first kappa shape index (κ1) is 12.2. The topological polar surface area (TPSA) is 20.2 Å². The fourth-order valence-corrected chi connectivity index (χ4v) is 3.99. The molecule has 0 amide bonds. The number of rotatable bonds is 1. The number of hydrogen-bond acceptors (Lipinski definition) is 1. The van der Waals surface area contributed by atoms with Gasteiger partial charge in [-0.25, -0.2) is 0 Å². The Kier molecular flexibility index (Phi) is 3.18. The summed E-state index contributed by atoms with van der Waals surface area (Å²) in [6, 6.07) is 0. The van der Waals surface area contributed by atoms with E-state index >= 15 is 0 Å². The lowest BCUT2D eigenvalue weighted by Gasteiger charge is -2.37. The van der Waals surface area contributed by atoms with Crippen molar-refractivity contribution in [1.29, 1.82) is 0 Å². The molecule has 2 aliphatic carbocycles. The highest BCUT2D eigenvalue weighted by Crippen LogP contribution is 2.49. The number of aliphatic hydroxyl groups is 1. The minimum Gasteiger partial charge on any atom is -0.390 e. The van der Waals surface area contributed by atoms with Crippen LogP contribution in [0.4, 0.5) is 0 Å². The zero-order valence-electron chi connectivity index (χ0n) is 11.1. The maximum atomic E-state index is 10.6. The van der Waals surface area contributed by atoms with Gasteiger partial charge < -0.3 is 5.11 Å². The lowest BCUT2D eigenvalue weighted by atomic mass is 9.70. The van der Waals surface area contributed by atoms with Crippen LogP contribution in [0.2, 0.25) is 0 Å². The highest BCUT2D eigenvalue weighted by molar-refractivity contribution is 5.13. The van der Waals surface area contributed by atoms with E-state index in [1.807, 2.05) is 6.92 Å². The maximum absolute atomic E-state index is 10.6. The quantitative estimate of drug-likeness (QED) is 0.672. The summed E-state index contributed by atoms with van der Waals surface area (Å²) in [5, 5.41) is 10.6. The molecule has 5 atom stereocenters. The van der Waals surface area contributed by atoms with Crippen LogP contribution in [-0.4, -0.2) is 10.7 Å². The van der Waals surface area contributed by atoms with Crippen LogP contribution in [-0.2, 0) is 0 Å². The van der Waals surface area contributed by atoms with Gasteiger partial charge in [-0.1, -0.05) is 39.3 Å². The normalized spacial score (nSPS) is 48.1. The first-order chi connectivity index (χ1) is 7.43. The Morgan fingerprint density at radius 2 is 2.00 bits per heavy atom. The van der Waals surface area contributed by atoms with Crippen molar-refractivity contribution in [2.24, 2.45) is 29.6 Å². The first-order valence-corrected chi connectivity index (χ1v) is 6.84. The van der Waals surface area contributed by atoms with Crippen molar-refractivity contribution in [1.82, 2.24) is 0 Å². The van der Waals surface area contributed by atoms with Crippen molar-refractivity contribution < 1.29 is 5.11 Å². The second-order valence-electron chi connectivity index (χ2n) is 6.50. The van der Waals surface area contributed by atoms with Crippen molar-refractivity contribution in [3.8, 4) is 0 Å². The van der Waals surface area contributed by atoms with Gasteiger partial charge in [-0.3, -0.25) is 0 Å². The zero-order valence-corrected chi connectivity index (χ0v) is 11.1. The number of allylic oxidation sites excluding steroid dienone is 1. The lowest BCUT2D eigenvalue weighted by molar-refractivity contribution is -0.0161. The van der Waals surface area contributed by atoms with Gasteiger partial charge in [0, 0.05) is 5.92 Å². The summed E-state index contributed by atoms with van der Waals surface area (Å²) >= 11 is 0. The van der Waals surface area contributed by atoms with Crippen LogP contribution in [0.25, 0.3) is 0 Å². The molecule has 1 N–H and O–H groups in total. The molecule has 2 aliphatic rings. The summed E-state index contributed by atoms with van der Waals surface area (Å²) < 4.78 is 0. The molecule has 0 aromatic carbocycles. The Morgan fingerprint density at radius 3 is 2.62 bits per heavy atom. The summed E-state index contributed by atoms with van der Waals surface area (Å²) in [6.07, 6.45) is 8.05. The van der Waals surface area contributed by atoms with Gasteiger partial charge >= 0.3 is 0 Å². The molecule has 1 heteroatoms. The van der Waals surface area contributed by atoms with Gasteiger partial charge in [0.15, 0.2) is 0 Å². The molecule has 0 spiro atoms. The van der Waals surface area contributed by atoms with Crippen LogP contribution in [0.1, 0.15) is 47.0 Å². The third-order valence-corrected chi connectivity index (χ3v) is 4.93. The average Bonchev–Trinajstić information content (AvgIpc) is 2.48. The van der Waals surface area contributed by atoms with E-state index in [1.54, 1.807) is 0 Å². The van der Waals surface area contributed by atoms with E-state index in [4.69, 9.17) is 0 Å². The fraction of sp³-hybridized carbons (Fsp3) is 0.867. The summed E-state index contributed by atoms with van der Waals surface area (Å²) in [5.41, 5.74) is -0.477. The van der Waals surface area contributed by atoms with E-state index in [2.05, 4.69) is 32.9 Å². The minimum absolute atomic E-state index is 0.386. The Bertz CT molecular complexity index is 277. The predicted molar refractivity (Wildman–Crippen MR) is 68.1 cm³/mol. The third kappa shape index (κ3) is 1.95. The second kappa shape index (κ2) is 4.18. The maximum Gasteiger partial charge on any atom is 0.0685 e. The molecule has 1 saturated carbocycles. The van der Waals surface area contributed by atoms with Crippen molar-refractivity contribution in [3.05, 3.63) is 12.2 Å². The smallest absolute Gasteiger partial charge is 0.0685 e. The fourth-order valence-electron chi connectivity index (χ4n) is 3.99. The average molecular weight is 222 g/mol. The molecule has 0 heterocycles. The molecular formula is C15H26O. The van der Waals surface area contributed by atoms with Crippen molar-refractivity contribution >= 4 is 0 Å². The van der Waals surface area contributed by atoms with Gasteiger partial charge in [0.05, 0.1) is 5.60 Å². The molecule has 0 aliphatic heterocycles. The Balaban J connectivity index is 2.29. The summed E-state index contributed by atoms with van der Waals surface area (Å²) in [6.45, 7) is 9.04. The van der Waals surface area contributed by atoms with Gasteiger partial charge in [0.2, 0.25) is 0 Å². The molecule has 16 heavy (non-hydrogen) atoms. The van der Waals surface area contributed by atoms with Gasteiger partial charge in [0.25, 0.3) is 0 Å². The van der Waals surface area contributed by atoms with Gasteiger partial charge in [0.1, 0.15) is 0 Å². The molecule has 92 valence electrons. The summed E-state index contributed by atoms with van der Waals surface area (Å²) in [7, 11) is 0. The van der Waals surface area contributed by atoms with E-state index in [1.165, 1.54) is 12.8 Å². The van der Waals surface area contributed by atoms with Crippen molar-refractivity contribution in [2.75, 3.05) is 0 Å². The van der Waals surface area contributed by atoms with Crippen LogP contribution in [0, 0.1) is 29.6 Å². The number of hydrogen-bond donors (Lipinski definition) is 1. The molecule has 1 fully saturated rings. The highest BCUT2D eigenvalue weighted by Gasteiger charge is 2.46. The van der Waals surface area contributed by atoms with Crippen LogP contribution < -0.4 is 0 Å². The first-order valence-electron chi connectivity index (χ1n) is 6.84. The van der Waals surface area contributed by atoms with Crippen LogP contribution in [0.3, 0.4) is 0 Å². The van der Waals surface area contributed by atoms with E-state index in [0.717, 1.165) is 18.3 Å². The summed E-state index contributed by atoms with van der Waals surface area (Å²) in [5.74, 6) is 3.21. The molecular weight excluding hydrogens is 196 g/mol. The molecule has 2 rings (SSSR count). The number of fused-ring (bicyclic) bond motifs is 1. The van der Waals surface area contributed by atoms with Gasteiger partial charge in [-0.05, 0) is 43.4 Å². The third-order valence-electron chi connectivity index (χ3n) is 4.93. The van der Waals surface area contributed by atoms with E-state index in [-0.39, 0.29) is 0 Å². The predicted octanol–water partition coefficient (Wildman–Crippen LogP) is 3.63. The molecule has 0 aromatic rings. The largest absolute Gasteiger partial charge is 0.390 e. The van der Waals surface area contributed by atoms with E-state index < -0.39 is 5.60 Å². The standard InChI is InChI=1S/C15H26O/c1-10(2)12-6-5-9-15(4,16)13-8-7-11(3)14(12)13/h7-8,10-14,16H,5-6,9H2,1-4H3/t11-,12-,13-,14-,15+/m1/s1. The Hall–Kier alpha value is -0.300. The molecule has 0 radical (unpaired) electrons. The molecule has 0 bridgehead atoms. The molecule has 1 nitrogen and oxygen atoms in total. The lowest BCUT2D eigenvalue weighted by Crippen LogP contribution is -2.39. The van der Waals surface area contributed by atoms with Crippen molar-refractivity contribution in [2.45, 2.75) is 52.6 Å². The van der Waals surface area contributed by atoms with Gasteiger partial charge in [-0.15, -0.1) is 0 Å². The minimum atomic E-state index is -0.477. The molecule has 0 saturated heterocycles. The zero-order chi connectivity index (χ0) is 11.9. The van der Waals surface area contributed by atoms with Gasteiger partial charge in [-0.2, -0.15) is 0 Å². The van der Waals surface area contributed by atoms with Crippen molar-refractivity contribution in [3.63, 3.8) is 0 Å². The molecule has 0 unspecified atom stereocenters. The van der Waals surface area contributed by atoms with Crippen LogP contribution >= 0.6 is 0 Å². The van der Waals surface area contributed by atoms with E-state index in [9.17, 15) is 5.11 Å². The van der Waals surface area contributed by atoms with E-state index in [0.29, 0.717) is 17.8 Å². The Morgan fingerprint density at radius 1 is 1.31 bits per heavy atom. The Labute approximate surface area is 99.9 Å². The second-order valence-corrected chi connectivity index (χ2v) is 6.50. The monoisotopic (exact) mass is 222 g/mol. The van der Waals surface area contributed by atoms with Crippen LogP contribution in [0.15, 0.2) is 12.2 Å². The van der Waals surface area contributed by atoms with Crippen LogP contribution in [0.5, 0.6) is 0 Å². The highest BCUT2D eigenvalue weighted by atomic mass is 16.3.